The molecule has 1 aliphatic rings. The largest absolute Gasteiger partial charge is 0.496 e. The molecule has 1 atom stereocenters. The summed E-state index contributed by atoms with van der Waals surface area (Å²) in [4.78, 5) is 0. The summed E-state index contributed by atoms with van der Waals surface area (Å²) in [6.07, 6.45) is 1.27. The molecule has 0 fully saturated rings. The Hall–Kier alpha value is -1.02. The first-order valence-corrected chi connectivity index (χ1v) is 4.05. The van der Waals surface area contributed by atoms with Crippen molar-refractivity contribution in [2.24, 2.45) is 0 Å². The van der Waals surface area contributed by atoms with Gasteiger partial charge in [0.1, 0.15) is 5.75 Å². The van der Waals surface area contributed by atoms with Crippen LogP contribution in [0.5, 0.6) is 5.75 Å². The van der Waals surface area contributed by atoms with Crippen molar-refractivity contribution in [3.05, 3.63) is 29.3 Å². The van der Waals surface area contributed by atoms with E-state index in [-0.39, 0.29) is 6.10 Å². The summed E-state index contributed by atoms with van der Waals surface area (Å²) in [5.41, 5.74) is 2.57. The maximum absolute atomic E-state index is 5.26. The van der Waals surface area contributed by atoms with Crippen molar-refractivity contribution in [1.29, 1.82) is 0 Å². The first kappa shape index (κ1) is 7.62. The Morgan fingerprint density at radius 3 is 2.83 bits per heavy atom. The third kappa shape index (κ3) is 0.916. The molecule has 0 bridgehead atoms. The second-order valence-electron chi connectivity index (χ2n) is 2.96. The average Bonchev–Trinajstić information content (AvgIpc) is 2.07. The molecule has 2 nitrogen and oxygen atoms in total. The fourth-order valence-electron chi connectivity index (χ4n) is 1.67. The number of hydrogen-bond donors (Lipinski definition) is 0. The number of ether oxygens (including phenoxy) is 2. The molecular weight excluding hydrogens is 152 g/mol. The van der Waals surface area contributed by atoms with E-state index in [1.165, 1.54) is 11.1 Å². The van der Waals surface area contributed by atoms with Crippen LogP contribution in [0, 0.1) is 0 Å². The third-order valence-electron chi connectivity index (χ3n) is 2.41. The number of benzene rings is 1. The van der Waals surface area contributed by atoms with Crippen LogP contribution in [-0.4, -0.2) is 14.2 Å². The summed E-state index contributed by atoms with van der Waals surface area (Å²) in [5.74, 6) is 0.987. The van der Waals surface area contributed by atoms with Crippen molar-refractivity contribution in [2.75, 3.05) is 14.2 Å². The predicted molar refractivity (Wildman–Crippen MR) is 46.4 cm³/mol. The normalized spacial score (nSPS) is 19.7. The topological polar surface area (TPSA) is 18.5 Å². The van der Waals surface area contributed by atoms with Gasteiger partial charge < -0.3 is 9.47 Å². The fraction of sp³-hybridized carbons (Fsp3) is 0.400. The number of fused-ring (bicyclic) bond motifs is 1. The molecule has 0 aromatic heterocycles. The monoisotopic (exact) mass is 164 g/mol. The Kier molecular flexibility index (Phi) is 1.77. The molecule has 0 saturated heterocycles. The fourth-order valence-corrected chi connectivity index (χ4v) is 1.67. The molecular formula is C10H12O2. The van der Waals surface area contributed by atoms with E-state index in [0.717, 1.165) is 12.2 Å². The zero-order valence-corrected chi connectivity index (χ0v) is 7.33. The zero-order valence-electron chi connectivity index (χ0n) is 7.33. The lowest BCUT2D eigenvalue weighted by Crippen LogP contribution is -2.19. The van der Waals surface area contributed by atoms with Gasteiger partial charge in [-0.2, -0.15) is 0 Å². The van der Waals surface area contributed by atoms with Gasteiger partial charge in [-0.15, -0.1) is 0 Å². The lowest BCUT2D eigenvalue weighted by Gasteiger charge is -2.30. The molecule has 0 spiro atoms. The van der Waals surface area contributed by atoms with E-state index in [1.54, 1.807) is 14.2 Å². The van der Waals surface area contributed by atoms with Gasteiger partial charge >= 0.3 is 0 Å². The molecule has 0 amide bonds. The molecule has 2 rings (SSSR count). The van der Waals surface area contributed by atoms with Crippen LogP contribution >= 0.6 is 0 Å². The smallest absolute Gasteiger partial charge is 0.122 e. The Bertz CT molecular complexity index is 294. The molecule has 0 saturated carbocycles. The van der Waals surface area contributed by atoms with Crippen LogP contribution in [0.3, 0.4) is 0 Å². The van der Waals surface area contributed by atoms with Gasteiger partial charge in [0, 0.05) is 19.1 Å². The molecule has 1 unspecified atom stereocenters. The van der Waals surface area contributed by atoms with Crippen molar-refractivity contribution < 1.29 is 9.47 Å². The summed E-state index contributed by atoms with van der Waals surface area (Å²) in [6, 6.07) is 6.09. The van der Waals surface area contributed by atoms with Gasteiger partial charge in [0.05, 0.1) is 13.2 Å². The summed E-state index contributed by atoms with van der Waals surface area (Å²) in [5, 5.41) is 0. The van der Waals surface area contributed by atoms with E-state index in [1.807, 2.05) is 12.1 Å². The number of hydrogen-bond acceptors (Lipinski definition) is 2. The van der Waals surface area contributed by atoms with Crippen LogP contribution in [0.4, 0.5) is 0 Å². The SMILES string of the molecule is COc1cccc2c1CC2OC. The van der Waals surface area contributed by atoms with Crippen LogP contribution in [0.25, 0.3) is 0 Å². The van der Waals surface area contributed by atoms with Gasteiger partial charge in [0.25, 0.3) is 0 Å². The molecule has 1 aromatic rings. The standard InChI is InChI=1S/C10H12O2/c1-11-9-5-3-4-7-8(9)6-10(7)12-2/h3-5,10H,6H2,1-2H3. The molecule has 64 valence electrons. The Labute approximate surface area is 72.1 Å². The summed E-state index contributed by atoms with van der Waals surface area (Å²) in [6.45, 7) is 0. The Morgan fingerprint density at radius 2 is 2.17 bits per heavy atom. The summed E-state index contributed by atoms with van der Waals surface area (Å²) in [7, 11) is 3.45. The summed E-state index contributed by atoms with van der Waals surface area (Å²) >= 11 is 0. The third-order valence-corrected chi connectivity index (χ3v) is 2.41. The first-order valence-electron chi connectivity index (χ1n) is 4.05. The van der Waals surface area contributed by atoms with Crippen LogP contribution < -0.4 is 4.74 Å². The van der Waals surface area contributed by atoms with E-state index in [2.05, 4.69) is 6.07 Å². The highest BCUT2D eigenvalue weighted by molar-refractivity contribution is 5.48. The minimum absolute atomic E-state index is 0.287. The van der Waals surface area contributed by atoms with E-state index in [0.29, 0.717) is 0 Å². The van der Waals surface area contributed by atoms with Gasteiger partial charge in [-0.1, -0.05) is 12.1 Å². The minimum atomic E-state index is 0.287. The van der Waals surface area contributed by atoms with Crippen molar-refractivity contribution in [3.63, 3.8) is 0 Å². The second kappa shape index (κ2) is 2.79. The highest BCUT2D eigenvalue weighted by atomic mass is 16.5. The molecule has 0 N–H and O–H groups in total. The van der Waals surface area contributed by atoms with Gasteiger partial charge in [-0.3, -0.25) is 0 Å². The molecule has 12 heavy (non-hydrogen) atoms. The Morgan fingerprint density at radius 1 is 1.33 bits per heavy atom. The van der Waals surface area contributed by atoms with Crippen LogP contribution in [0.15, 0.2) is 18.2 Å². The minimum Gasteiger partial charge on any atom is -0.496 e. The number of rotatable bonds is 2. The van der Waals surface area contributed by atoms with Gasteiger partial charge in [-0.05, 0) is 11.6 Å². The van der Waals surface area contributed by atoms with E-state index >= 15 is 0 Å². The first-order chi connectivity index (χ1) is 5.86. The van der Waals surface area contributed by atoms with E-state index in [9.17, 15) is 0 Å². The van der Waals surface area contributed by atoms with Crippen molar-refractivity contribution in [2.45, 2.75) is 12.5 Å². The maximum atomic E-state index is 5.26. The van der Waals surface area contributed by atoms with E-state index < -0.39 is 0 Å². The van der Waals surface area contributed by atoms with Crippen LogP contribution in [0.1, 0.15) is 17.2 Å². The van der Waals surface area contributed by atoms with Crippen LogP contribution in [0.2, 0.25) is 0 Å². The number of methoxy groups -OCH3 is 2. The Balaban J connectivity index is 2.36. The van der Waals surface area contributed by atoms with Gasteiger partial charge in [0.2, 0.25) is 0 Å². The summed E-state index contributed by atoms with van der Waals surface area (Å²) < 4.78 is 10.5. The molecule has 1 aliphatic carbocycles. The highest BCUT2D eigenvalue weighted by Gasteiger charge is 2.28. The van der Waals surface area contributed by atoms with Crippen LogP contribution in [-0.2, 0) is 11.2 Å². The molecule has 2 heteroatoms. The predicted octanol–water partition coefficient (Wildman–Crippen LogP) is 1.94. The molecule has 0 aliphatic heterocycles. The highest BCUT2D eigenvalue weighted by Crippen LogP contribution is 2.40. The molecule has 0 radical (unpaired) electrons. The average molecular weight is 164 g/mol. The van der Waals surface area contributed by atoms with Gasteiger partial charge in [0.15, 0.2) is 0 Å². The van der Waals surface area contributed by atoms with Crippen molar-refractivity contribution in [3.8, 4) is 5.75 Å². The van der Waals surface area contributed by atoms with Gasteiger partial charge in [-0.25, -0.2) is 0 Å². The van der Waals surface area contributed by atoms with Crippen molar-refractivity contribution >= 4 is 0 Å². The van der Waals surface area contributed by atoms with E-state index in [4.69, 9.17) is 9.47 Å². The molecule has 0 heterocycles. The van der Waals surface area contributed by atoms with Crippen molar-refractivity contribution in [1.82, 2.24) is 0 Å². The lowest BCUT2D eigenvalue weighted by atomic mass is 9.85. The zero-order chi connectivity index (χ0) is 8.55. The molecule has 1 aromatic carbocycles. The second-order valence-corrected chi connectivity index (χ2v) is 2.96. The quantitative estimate of drug-likeness (QED) is 0.665. The maximum Gasteiger partial charge on any atom is 0.122 e. The lowest BCUT2D eigenvalue weighted by molar-refractivity contribution is 0.0830.